The standard InChI is InChI=1S/C22H29N7O/c1-16(30)27-10-12-28(13-11-27)19-6-7-20(23-15-19)25-22-24-14-17-8-9-29(21(17)26-22)18-4-2-3-5-18/h6-9,14-16,18,30H,2-5,10-13H2,1H3,(H,23,24,25,26)/p+1. The molecule has 0 radical (unpaired) electrons. The first kappa shape index (κ1) is 19.4. The molecule has 2 aliphatic rings. The lowest BCUT2D eigenvalue weighted by atomic mass is 10.2. The molecule has 5 rings (SSSR count). The number of aliphatic hydroxyl groups is 1. The van der Waals surface area contributed by atoms with E-state index in [1.54, 1.807) is 0 Å². The number of nitrogens with two attached hydrogens (primary N) is 1. The number of quaternary nitrogens is 1. The zero-order valence-electron chi connectivity index (χ0n) is 17.5. The second-order valence-corrected chi connectivity index (χ2v) is 8.41. The molecule has 1 atom stereocenters. The van der Waals surface area contributed by atoms with Crippen molar-refractivity contribution in [2.24, 2.45) is 0 Å². The van der Waals surface area contributed by atoms with Crippen LogP contribution in [0.2, 0.25) is 0 Å². The third-order valence-electron chi connectivity index (χ3n) is 6.45. The van der Waals surface area contributed by atoms with E-state index in [9.17, 15) is 5.11 Å². The second-order valence-electron chi connectivity index (χ2n) is 8.41. The van der Waals surface area contributed by atoms with Gasteiger partial charge >= 0.3 is 5.95 Å². The summed E-state index contributed by atoms with van der Waals surface area (Å²) in [5, 5.41) is 12.8. The Morgan fingerprint density at radius 1 is 1.03 bits per heavy atom. The van der Waals surface area contributed by atoms with Gasteiger partial charge in [0.1, 0.15) is 11.9 Å². The normalized spacial score (nSPS) is 19.6. The maximum Gasteiger partial charge on any atom is 0.333 e. The molecule has 2 fully saturated rings. The minimum absolute atomic E-state index is 0.380. The number of aliphatic hydroxyl groups excluding tert-OH is 1. The van der Waals surface area contributed by atoms with Crippen molar-refractivity contribution in [2.45, 2.75) is 44.9 Å². The Morgan fingerprint density at radius 3 is 2.53 bits per heavy atom. The zero-order valence-corrected chi connectivity index (χ0v) is 17.5. The number of pyridine rings is 1. The summed E-state index contributed by atoms with van der Waals surface area (Å²) in [6, 6.07) is 6.81. The number of hydrogen-bond donors (Lipinski definition) is 2. The maximum absolute atomic E-state index is 9.72. The highest BCUT2D eigenvalue weighted by Crippen LogP contribution is 2.32. The van der Waals surface area contributed by atoms with Gasteiger partial charge < -0.3 is 14.6 Å². The van der Waals surface area contributed by atoms with Crippen LogP contribution in [0.25, 0.3) is 11.0 Å². The minimum atomic E-state index is -0.380. The lowest BCUT2D eigenvalue weighted by Gasteiger charge is -2.37. The van der Waals surface area contributed by atoms with Crippen molar-refractivity contribution in [3.63, 3.8) is 0 Å². The smallest absolute Gasteiger partial charge is 0.333 e. The fourth-order valence-electron chi connectivity index (χ4n) is 4.65. The van der Waals surface area contributed by atoms with Crippen LogP contribution in [-0.4, -0.2) is 61.9 Å². The highest BCUT2D eigenvalue weighted by molar-refractivity contribution is 5.75. The average Bonchev–Trinajstić information content (AvgIpc) is 3.44. The molecule has 1 saturated carbocycles. The summed E-state index contributed by atoms with van der Waals surface area (Å²) in [5.74, 6) is 1.56. The Labute approximate surface area is 176 Å². The molecule has 0 spiro atoms. The van der Waals surface area contributed by atoms with Crippen molar-refractivity contribution in [1.29, 1.82) is 0 Å². The molecular formula is C22H30N7O+. The molecule has 4 heterocycles. The van der Waals surface area contributed by atoms with Gasteiger partial charge in [-0.1, -0.05) is 12.8 Å². The molecule has 8 nitrogen and oxygen atoms in total. The van der Waals surface area contributed by atoms with Gasteiger partial charge in [0.15, 0.2) is 0 Å². The summed E-state index contributed by atoms with van der Waals surface area (Å²) in [4.78, 5) is 18.4. The van der Waals surface area contributed by atoms with Gasteiger partial charge in [-0.25, -0.2) is 10.3 Å². The van der Waals surface area contributed by atoms with Gasteiger partial charge in [0.05, 0.1) is 11.9 Å². The Kier molecular flexibility index (Phi) is 5.37. The number of piperazine rings is 1. The highest BCUT2D eigenvalue weighted by Gasteiger charge is 2.21. The van der Waals surface area contributed by atoms with Crippen molar-refractivity contribution in [3.05, 3.63) is 36.8 Å². The Morgan fingerprint density at radius 2 is 1.83 bits per heavy atom. The molecule has 0 bridgehead atoms. The molecule has 3 aromatic rings. The second kappa shape index (κ2) is 8.29. The van der Waals surface area contributed by atoms with Gasteiger partial charge in [0.25, 0.3) is 0 Å². The first-order chi connectivity index (χ1) is 14.7. The summed E-state index contributed by atoms with van der Waals surface area (Å²) in [7, 11) is 0. The van der Waals surface area contributed by atoms with Gasteiger partial charge in [-0.05, 0) is 31.9 Å². The minimum Gasteiger partial charge on any atom is -0.379 e. The third-order valence-corrected chi connectivity index (χ3v) is 6.45. The highest BCUT2D eigenvalue weighted by atomic mass is 16.3. The van der Waals surface area contributed by atoms with Crippen molar-refractivity contribution < 1.29 is 10.4 Å². The molecule has 3 N–H and O–H groups in total. The molecule has 30 heavy (non-hydrogen) atoms. The van der Waals surface area contributed by atoms with Crippen LogP contribution in [0.1, 0.15) is 38.6 Å². The van der Waals surface area contributed by atoms with Gasteiger partial charge in [-0.2, -0.15) is 9.97 Å². The quantitative estimate of drug-likeness (QED) is 0.671. The Balaban J connectivity index is 1.28. The van der Waals surface area contributed by atoms with E-state index in [4.69, 9.17) is 4.98 Å². The van der Waals surface area contributed by atoms with E-state index < -0.39 is 0 Å². The molecule has 8 heteroatoms. The molecule has 1 aliphatic heterocycles. The fourth-order valence-corrected chi connectivity index (χ4v) is 4.65. The van der Waals surface area contributed by atoms with Crippen molar-refractivity contribution in [2.75, 3.05) is 31.1 Å². The van der Waals surface area contributed by atoms with Crippen molar-refractivity contribution >= 4 is 28.5 Å². The average molecular weight is 409 g/mol. The van der Waals surface area contributed by atoms with Crippen LogP contribution in [0.15, 0.2) is 36.8 Å². The van der Waals surface area contributed by atoms with Crippen LogP contribution in [-0.2, 0) is 0 Å². The van der Waals surface area contributed by atoms with E-state index in [1.165, 1.54) is 25.7 Å². The molecule has 0 aromatic carbocycles. The molecule has 0 amide bonds. The number of aromatic nitrogens is 4. The predicted octanol–water partition coefficient (Wildman–Crippen LogP) is 1.93. The Hall–Kier alpha value is -2.55. The summed E-state index contributed by atoms with van der Waals surface area (Å²) < 4.78 is 2.32. The zero-order chi connectivity index (χ0) is 20.5. The lowest BCUT2D eigenvalue weighted by Crippen LogP contribution is -2.72. The molecule has 1 aliphatic carbocycles. The largest absolute Gasteiger partial charge is 0.379 e. The Bertz CT molecular complexity index is 986. The molecule has 158 valence electrons. The van der Waals surface area contributed by atoms with E-state index in [0.717, 1.165) is 48.7 Å². The van der Waals surface area contributed by atoms with Crippen molar-refractivity contribution in [1.82, 2.24) is 24.4 Å². The van der Waals surface area contributed by atoms with Crippen LogP contribution in [0, 0.1) is 0 Å². The number of rotatable bonds is 5. The van der Waals surface area contributed by atoms with E-state index in [2.05, 4.69) is 42.7 Å². The monoisotopic (exact) mass is 408 g/mol. The summed E-state index contributed by atoms with van der Waals surface area (Å²) >= 11 is 0. The number of nitrogens with zero attached hydrogens (tertiary/aromatic N) is 6. The van der Waals surface area contributed by atoms with E-state index >= 15 is 0 Å². The third kappa shape index (κ3) is 3.90. The number of fused-ring (bicyclic) bond motifs is 1. The predicted molar refractivity (Wildman–Crippen MR) is 116 cm³/mol. The molecule has 1 saturated heterocycles. The van der Waals surface area contributed by atoms with Gasteiger partial charge in [-0.15, -0.1) is 0 Å². The fraction of sp³-hybridized carbons (Fsp3) is 0.500. The van der Waals surface area contributed by atoms with E-state index in [-0.39, 0.29) is 6.23 Å². The van der Waals surface area contributed by atoms with Crippen LogP contribution in [0.3, 0.4) is 0 Å². The molecular weight excluding hydrogens is 378 g/mol. The van der Waals surface area contributed by atoms with Crippen LogP contribution >= 0.6 is 0 Å². The van der Waals surface area contributed by atoms with Crippen LogP contribution in [0.4, 0.5) is 17.5 Å². The topological polar surface area (TPSA) is 86.9 Å². The summed E-state index contributed by atoms with van der Waals surface area (Å²) in [5.41, 5.74) is 2.14. The molecule has 3 aromatic heterocycles. The number of hydrogen-bond acceptors (Lipinski definition) is 6. The van der Waals surface area contributed by atoms with E-state index in [1.807, 2.05) is 30.7 Å². The summed E-state index contributed by atoms with van der Waals surface area (Å²) in [6.07, 6.45) is 10.7. The summed E-state index contributed by atoms with van der Waals surface area (Å²) in [6.45, 7) is 5.34. The van der Waals surface area contributed by atoms with Gasteiger partial charge in [0, 0.05) is 56.1 Å². The first-order valence-corrected chi connectivity index (χ1v) is 11.0. The van der Waals surface area contributed by atoms with E-state index in [0.29, 0.717) is 12.0 Å². The lowest BCUT2D eigenvalue weighted by molar-refractivity contribution is -0.491. The number of anilines is 1. The van der Waals surface area contributed by atoms with Crippen LogP contribution in [0.5, 0.6) is 0 Å². The van der Waals surface area contributed by atoms with Gasteiger partial charge in [0.2, 0.25) is 5.82 Å². The first-order valence-electron chi connectivity index (χ1n) is 11.0. The molecule has 1 unspecified atom stereocenters. The SMILES string of the molecule is CC(O)N1CCN(c2ccc([NH2+]c3ncc4ccn(C5CCCC5)c4n3)nc2)CC1. The maximum atomic E-state index is 9.72. The van der Waals surface area contributed by atoms with Gasteiger partial charge in [-0.3, -0.25) is 4.90 Å². The van der Waals surface area contributed by atoms with Crippen LogP contribution < -0.4 is 10.2 Å². The van der Waals surface area contributed by atoms with Crippen molar-refractivity contribution in [3.8, 4) is 0 Å².